The molecule has 0 aliphatic carbocycles. The van der Waals surface area contributed by atoms with Gasteiger partial charge in [-0.1, -0.05) is 5.16 Å². The van der Waals surface area contributed by atoms with Crippen LogP contribution >= 0.6 is 15.9 Å². The zero-order valence-electron chi connectivity index (χ0n) is 8.70. The molecule has 0 saturated heterocycles. The molecule has 0 atom stereocenters. The number of nitrogens with one attached hydrogen (secondary N) is 1. The van der Waals surface area contributed by atoms with Gasteiger partial charge in [0, 0.05) is 6.07 Å². The van der Waals surface area contributed by atoms with Gasteiger partial charge in [0.15, 0.2) is 0 Å². The average molecular weight is 283 g/mol. The number of anilines is 2. The molecule has 0 fully saturated rings. The Labute approximate surface area is 101 Å². The Morgan fingerprint density at radius 3 is 3.06 bits per heavy atom. The molecule has 0 unspecified atom stereocenters. The second-order valence-corrected chi connectivity index (χ2v) is 4.14. The average Bonchev–Trinajstić information content (AvgIpc) is 2.78. The van der Waals surface area contributed by atoms with Crippen LogP contribution < -0.4 is 11.1 Å². The maximum Gasteiger partial charge on any atom is 0.141 e. The van der Waals surface area contributed by atoms with Crippen molar-refractivity contribution in [1.29, 1.82) is 0 Å². The van der Waals surface area contributed by atoms with Crippen LogP contribution in [0.2, 0.25) is 0 Å². The Hall–Kier alpha value is -1.56. The summed E-state index contributed by atoms with van der Waals surface area (Å²) in [5, 5.41) is 6.94. The van der Waals surface area contributed by atoms with Crippen LogP contribution in [-0.4, -0.2) is 10.1 Å². The SMILES string of the molecule is Cc1c(N)cnc(NCc2ccon2)c1Br. The van der Waals surface area contributed by atoms with Crippen molar-refractivity contribution in [2.75, 3.05) is 11.1 Å². The van der Waals surface area contributed by atoms with E-state index in [9.17, 15) is 0 Å². The molecule has 0 radical (unpaired) electrons. The molecule has 0 amide bonds. The first-order chi connectivity index (χ1) is 7.68. The number of nitrogens with two attached hydrogens (primary N) is 1. The lowest BCUT2D eigenvalue weighted by atomic mass is 10.2. The van der Waals surface area contributed by atoms with Crippen LogP contribution in [0.1, 0.15) is 11.3 Å². The Kier molecular flexibility index (Phi) is 3.09. The lowest BCUT2D eigenvalue weighted by molar-refractivity contribution is 0.412. The van der Waals surface area contributed by atoms with Crippen molar-refractivity contribution in [3.63, 3.8) is 0 Å². The first-order valence-corrected chi connectivity index (χ1v) is 5.51. The molecule has 2 heterocycles. The zero-order chi connectivity index (χ0) is 11.5. The molecule has 2 aromatic heterocycles. The number of rotatable bonds is 3. The van der Waals surface area contributed by atoms with Gasteiger partial charge in [-0.25, -0.2) is 4.98 Å². The summed E-state index contributed by atoms with van der Waals surface area (Å²) in [4.78, 5) is 4.20. The van der Waals surface area contributed by atoms with Gasteiger partial charge in [-0.15, -0.1) is 0 Å². The lowest BCUT2D eigenvalue weighted by Crippen LogP contribution is -2.04. The van der Waals surface area contributed by atoms with Gasteiger partial charge < -0.3 is 15.6 Å². The van der Waals surface area contributed by atoms with Crippen LogP contribution in [0.15, 0.2) is 27.5 Å². The van der Waals surface area contributed by atoms with Crippen LogP contribution in [0, 0.1) is 6.92 Å². The van der Waals surface area contributed by atoms with Crippen LogP contribution in [0.25, 0.3) is 0 Å². The first kappa shape index (κ1) is 10.9. The second-order valence-electron chi connectivity index (χ2n) is 3.35. The third kappa shape index (κ3) is 2.16. The Morgan fingerprint density at radius 2 is 2.38 bits per heavy atom. The first-order valence-electron chi connectivity index (χ1n) is 4.72. The highest BCUT2D eigenvalue weighted by Gasteiger charge is 2.07. The predicted molar refractivity (Wildman–Crippen MR) is 64.9 cm³/mol. The highest BCUT2D eigenvalue weighted by Crippen LogP contribution is 2.27. The summed E-state index contributed by atoms with van der Waals surface area (Å²) in [7, 11) is 0. The van der Waals surface area contributed by atoms with Crippen molar-refractivity contribution in [2.45, 2.75) is 13.5 Å². The van der Waals surface area contributed by atoms with Gasteiger partial charge in [0.25, 0.3) is 0 Å². The number of hydrogen-bond acceptors (Lipinski definition) is 5. The van der Waals surface area contributed by atoms with Gasteiger partial charge in [0.05, 0.1) is 22.9 Å². The largest absolute Gasteiger partial charge is 0.397 e. The van der Waals surface area contributed by atoms with Crippen molar-refractivity contribution in [3.8, 4) is 0 Å². The highest BCUT2D eigenvalue weighted by atomic mass is 79.9. The fourth-order valence-electron chi connectivity index (χ4n) is 1.22. The number of nitrogens with zero attached hydrogens (tertiary/aromatic N) is 2. The minimum absolute atomic E-state index is 0.561. The summed E-state index contributed by atoms with van der Waals surface area (Å²) in [6, 6.07) is 1.80. The summed E-state index contributed by atoms with van der Waals surface area (Å²) < 4.78 is 5.61. The zero-order valence-corrected chi connectivity index (χ0v) is 10.3. The molecule has 16 heavy (non-hydrogen) atoms. The summed E-state index contributed by atoms with van der Waals surface area (Å²) >= 11 is 3.45. The summed E-state index contributed by atoms with van der Waals surface area (Å²) in [5.74, 6) is 0.745. The third-order valence-corrected chi connectivity index (χ3v) is 3.20. The highest BCUT2D eigenvalue weighted by molar-refractivity contribution is 9.10. The van der Waals surface area contributed by atoms with Crippen LogP contribution in [0.3, 0.4) is 0 Å². The van der Waals surface area contributed by atoms with E-state index in [0.29, 0.717) is 12.2 Å². The molecule has 0 saturated carbocycles. The van der Waals surface area contributed by atoms with E-state index in [2.05, 4.69) is 31.4 Å². The van der Waals surface area contributed by atoms with Crippen molar-refractivity contribution in [3.05, 3.63) is 34.3 Å². The Morgan fingerprint density at radius 1 is 1.56 bits per heavy atom. The number of hydrogen-bond donors (Lipinski definition) is 2. The van der Waals surface area contributed by atoms with E-state index in [4.69, 9.17) is 10.3 Å². The van der Waals surface area contributed by atoms with E-state index in [1.165, 1.54) is 6.26 Å². The van der Waals surface area contributed by atoms with Gasteiger partial charge in [0.1, 0.15) is 17.8 Å². The smallest absolute Gasteiger partial charge is 0.141 e. The molecule has 84 valence electrons. The standard InChI is InChI=1S/C10H11BrN4O/c1-6-8(12)5-14-10(9(6)11)13-4-7-2-3-16-15-7/h2-3,5H,4,12H2,1H3,(H,13,14). The molecular formula is C10H11BrN4O. The van der Waals surface area contributed by atoms with Crippen molar-refractivity contribution in [2.24, 2.45) is 0 Å². The van der Waals surface area contributed by atoms with Gasteiger partial charge >= 0.3 is 0 Å². The predicted octanol–water partition coefficient (Wildman–Crippen LogP) is 2.33. The topological polar surface area (TPSA) is 77.0 Å². The van der Waals surface area contributed by atoms with Gasteiger partial charge in [-0.2, -0.15) is 0 Å². The number of halogens is 1. The second kappa shape index (κ2) is 4.52. The monoisotopic (exact) mass is 282 g/mol. The molecular weight excluding hydrogens is 272 g/mol. The van der Waals surface area contributed by atoms with E-state index < -0.39 is 0 Å². The minimum Gasteiger partial charge on any atom is -0.397 e. The maximum absolute atomic E-state index is 5.73. The lowest BCUT2D eigenvalue weighted by Gasteiger charge is -2.09. The normalized spacial score (nSPS) is 10.4. The van der Waals surface area contributed by atoms with Crippen LogP contribution in [0.4, 0.5) is 11.5 Å². The summed E-state index contributed by atoms with van der Waals surface area (Å²) in [6.45, 7) is 2.49. The summed E-state index contributed by atoms with van der Waals surface area (Å²) in [6.07, 6.45) is 3.17. The van der Waals surface area contributed by atoms with E-state index >= 15 is 0 Å². The van der Waals surface area contributed by atoms with Gasteiger partial charge in [0.2, 0.25) is 0 Å². The molecule has 0 aromatic carbocycles. The van der Waals surface area contributed by atoms with E-state index in [1.54, 1.807) is 12.3 Å². The fourth-order valence-corrected chi connectivity index (χ4v) is 1.69. The molecule has 0 spiro atoms. The minimum atomic E-state index is 0.561. The van der Waals surface area contributed by atoms with Crippen LogP contribution in [-0.2, 0) is 6.54 Å². The van der Waals surface area contributed by atoms with Gasteiger partial charge in [-0.3, -0.25) is 0 Å². The quantitative estimate of drug-likeness (QED) is 0.904. The molecule has 0 aliphatic rings. The van der Waals surface area contributed by atoms with Crippen LogP contribution in [0.5, 0.6) is 0 Å². The molecule has 2 aromatic rings. The van der Waals surface area contributed by atoms with Crippen molar-refractivity contribution < 1.29 is 4.52 Å². The molecule has 0 bridgehead atoms. The third-order valence-electron chi connectivity index (χ3n) is 2.23. The Balaban J connectivity index is 2.13. The summed E-state index contributed by atoms with van der Waals surface area (Å²) in [5.41, 5.74) is 8.19. The number of aromatic nitrogens is 2. The maximum atomic E-state index is 5.73. The molecule has 2 rings (SSSR count). The number of pyridine rings is 1. The molecule has 0 aliphatic heterocycles. The van der Waals surface area contributed by atoms with Gasteiger partial charge in [-0.05, 0) is 28.4 Å². The van der Waals surface area contributed by atoms with E-state index in [1.807, 2.05) is 6.92 Å². The Bertz CT molecular complexity index is 484. The van der Waals surface area contributed by atoms with Crippen molar-refractivity contribution >= 4 is 27.4 Å². The molecule has 6 heteroatoms. The number of nitrogen functional groups attached to an aromatic ring is 1. The van der Waals surface area contributed by atoms with Crippen molar-refractivity contribution in [1.82, 2.24) is 10.1 Å². The van der Waals surface area contributed by atoms with E-state index in [-0.39, 0.29) is 0 Å². The molecule has 3 N–H and O–H groups in total. The molecule has 5 nitrogen and oxygen atoms in total. The van der Waals surface area contributed by atoms with E-state index in [0.717, 1.165) is 21.5 Å². The fraction of sp³-hybridized carbons (Fsp3) is 0.200.